The summed E-state index contributed by atoms with van der Waals surface area (Å²) in [5.74, 6) is 0.442. The summed E-state index contributed by atoms with van der Waals surface area (Å²) in [7, 11) is 1.81. The fourth-order valence-electron chi connectivity index (χ4n) is 2.56. The van der Waals surface area contributed by atoms with Crippen molar-refractivity contribution in [2.75, 3.05) is 17.7 Å². The molecule has 0 unspecified atom stereocenters. The number of anilines is 2. The van der Waals surface area contributed by atoms with E-state index in [0.29, 0.717) is 6.42 Å². The van der Waals surface area contributed by atoms with E-state index in [2.05, 4.69) is 16.0 Å². The van der Waals surface area contributed by atoms with Crippen molar-refractivity contribution in [3.63, 3.8) is 0 Å². The summed E-state index contributed by atoms with van der Waals surface area (Å²) in [5, 5.41) is 0. The minimum atomic E-state index is 0.160. The molecule has 5 nitrogen and oxygen atoms in total. The van der Waals surface area contributed by atoms with Crippen LogP contribution in [-0.4, -0.2) is 22.9 Å². The van der Waals surface area contributed by atoms with Crippen molar-refractivity contribution >= 4 is 17.5 Å². The van der Waals surface area contributed by atoms with Crippen molar-refractivity contribution in [2.45, 2.75) is 19.8 Å². The Kier molecular flexibility index (Phi) is 2.89. The number of nitrogens with zero attached hydrogens (tertiary/aromatic N) is 3. The quantitative estimate of drug-likeness (QED) is 0.858. The summed E-state index contributed by atoms with van der Waals surface area (Å²) in [4.78, 5) is 21.8. The van der Waals surface area contributed by atoms with Gasteiger partial charge in [0.2, 0.25) is 11.9 Å². The molecule has 3 rings (SSSR count). The molecule has 0 aliphatic carbocycles. The van der Waals surface area contributed by atoms with Gasteiger partial charge < -0.3 is 10.6 Å². The second-order valence-corrected chi connectivity index (χ2v) is 5.05. The number of hydrogen-bond donors (Lipinski definition) is 1. The Morgan fingerprint density at radius 2 is 2.00 bits per heavy atom. The van der Waals surface area contributed by atoms with E-state index in [9.17, 15) is 4.79 Å². The third-order valence-electron chi connectivity index (χ3n) is 3.59. The van der Waals surface area contributed by atoms with Gasteiger partial charge >= 0.3 is 0 Å². The molecule has 1 aliphatic rings. The summed E-state index contributed by atoms with van der Waals surface area (Å²) >= 11 is 0. The highest BCUT2D eigenvalue weighted by molar-refractivity contribution is 5.96. The molecule has 2 N–H and O–H groups in total. The maximum atomic E-state index is 11.7. The molecular formula is C15H16N4O. The first-order chi connectivity index (χ1) is 9.54. The highest BCUT2D eigenvalue weighted by Gasteiger charge is 2.21. The van der Waals surface area contributed by atoms with E-state index < -0.39 is 0 Å². The lowest BCUT2D eigenvalue weighted by molar-refractivity contribution is -0.118. The molecule has 0 spiro atoms. The Labute approximate surface area is 117 Å². The van der Waals surface area contributed by atoms with Crippen LogP contribution in [0.1, 0.15) is 17.7 Å². The third kappa shape index (κ3) is 2.11. The van der Waals surface area contributed by atoms with Crippen LogP contribution in [0.25, 0.3) is 11.3 Å². The van der Waals surface area contributed by atoms with Gasteiger partial charge in [0.15, 0.2) is 0 Å². The van der Waals surface area contributed by atoms with Gasteiger partial charge in [0.05, 0.1) is 5.69 Å². The van der Waals surface area contributed by atoms with E-state index in [-0.39, 0.29) is 11.9 Å². The van der Waals surface area contributed by atoms with Gasteiger partial charge in [-0.1, -0.05) is 6.07 Å². The first-order valence-electron chi connectivity index (χ1n) is 6.55. The number of nitrogen functional groups attached to an aromatic ring is 1. The maximum Gasteiger partial charge on any atom is 0.227 e. The first-order valence-corrected chi connectivity index (χ1v) is 6.55. The summed E-state index contributed by atoms with van der Waals surface area (Å²) in [6.07, 6.45) is 1.32. The fraction of sp³-hybridized carbons (Fsp3) is 0.267. The van der Waals surface area contributed by atoms with Crippen molar-refractivity contribution in [1.29, 1.82) is 0 Å². The molecule has 1 amide bonds. The minimum absolute atomic E-state index is 0.160. The molecular weight excluding hydrogens is 252 g/mol. The lowest BCUT2D eigenvalue weighted by Gasteiger charge is -2.26. The van der Waals surface area contributed by atoms with Crippen LogP contribution in [0.5, 0.6) is 0 Å². The number of hydrogen-bond acceptors (Lipinski definition) is 4. The molecule has 5 heteroatoms. The number of nitrogens with two attached hydrogens (primary N) is 1. The molecule has 2 heterocycles. The van der Waals surface area contributed by atoms with E-state index in [1.54, 1.807) is 4.90 Å². The molecule has 1 aliphatic heterocycles. The summed E-state index contributed by atoms with van der Waals surface area (Å²) < 4.78 is 0. The molecule has 102 valence electrons. The van der Waals surface area contributed by atoms with Gasteiger partial charge in [-0.05, 0) is 37.1 Å². The van der Waals surface area contributed by atoms with Gasteiger partial charge in [-0.2, -0.15) is 0 Å². The number of amides is 1. The van der Waals surface area contributed by atoms with Gasteiger partial charge in [-0.25, -0.2) is 9.97 Å². The second kappa shape index (κ2) is 4.59. The van der Waals surface area contributed by atoms with E-state index in [0.717, 1.165) is 29.1 Å². The van der Waals surface area contributed by atoms with Crippen molar-refractivity contribution in [3.8, 4) is 11.3 Å². The summed E-state index contributed by atoms with van der Waals surface area (Å²) in [6, 6.07) is 7.93. The van der Waals surface area contributed by atoms with Crippen LogP contribution in [0.4, 0.5) is 11.6 Å². The van der Waals surface area contributed by atoms with E-state index in [1.165, 1.54) is 5.56 Å². The predicted molar refractivity (Wildman–Crippen MR) is 78.3 cm³/mol. The average molecular weight is 268 g/mol. The summed E-state index contributed by atoms with van der Waals surface area (Å²) in [6.45, 7) is 1.90. The van der Waals surface area contributed by atoms with E-state index in [1.807, 2.05) is 32.2 Å². The fourth-order valence-corrected chi connectivity index (χ4v) is 2.56. The predicted octanol–water partition coefficient (Wildman–Crippen LogP) is 1.94. The standard InChI is InChI=1S/C15H16N4O/c1-9-7-12(18-15(16)17-9)10-3-5-13-11(8-10)4-6-14(20)19(13)2/h3,5,7-8H,4,6H2,1-2H3,(H2,16,17,18). The number of aromatic nitrogens is 2. The Balaban J connectivity index is 2.07. The normalized spacial score (nSPS) is 14.3. The van der Waals surface area contributed by atoms with Crippen LogP contribution in [-0.2, 0) is 11.2 Å². The van der Waals surface area contributed by atoms with Gasteiger partial charge in [-0.3, -0.25) is 4.79 Å². The Morgan fingerprint density at radius 1 is 1.20 bits per heavy atom. The lowest BCUT2D eigenvalue weighted by atomic mass is 9.98. The van der Waals surface area contributed by atoms with Crippen molar-refractivity contribution in [2.24, 2.45) is 0 Å². The number of carbonyl (C=O) groups is 1. The maximum absolute atomic E-state index is 11.7. The topological polar surface area (TPSA) is 72.1 Å². The number of aryl methyl sites for hydroxylation is 2. The molecule has 0 fully saturated rings. The average Bonchev–Trinajstić information content (AvgIpc) is 2.41. The molecule has 1 aromatic carbocycles. The lowest BCUT2D eigenvalue weighted by Crippen LogP contribution is -2.30. The SMILES string of the molecule is Cc1cc(-c2ccc3c(c2)CCC(=O)N3C)nc(N)n1. The van der Waals surface area contributed by atoms with Gasteiger partial charge in [-0.15, -0.1) is 0 Å². The molecule has 0 saturated carbocycles. The molecule has 0 saturated heterocycles. The van der Waals surface area contributed by atoms with Crippen LogP contribution in [0.15, 0.2) is 24.3 Å². The molecule has 0 radical (unpaired) electrons. The smallest absolute Gasteiger partial charge is 0.227 e. The van der Waals surface area contributed by atoms with E-state index >= 15 is 0 Å². The molecule has 20 heavy (non-hydrogen) atoms. The van der Waals surface area contributed by atoms with E-state index in [4.69, 9.17) is 5.73 Å². The monoisotopic (exact) mass is 268 g/mol. The second-order valence-electron chi connectivity index (χ2n) is 5.05. The number of fused-ring (bicyclic) bond motifs is 1. The largest absolute Gasteiger partial charge is 0.368 e. The summed E-state index contributed by atoms with van der Waals surface area (Å²) in [5.41, 5.74) is 10.5. The van der Waals surface area contributed by atoms with Crippen LogP contribution in [0, 0.1) is 6.92 Å². The van der Waals surface area contributed by atoms with Gasteiger partial charge in [0.1, 0.15) is 0 Å². The Bertz CT molecular complexity index is 676. The highest BCUT2D eigenvalue weighted by Crippen LogP contribution is 2.30. The van der Waals surface area contributed by atoms with Crippen LogP contribution in [0.2, 0.25) is 0 Å². The zero-order valence-corrected chi connectivity index (χ0v) is 11.6. The minimum Gasteiger partial charge on any atom is -0.368 e. The number of rotatable bonds is 1. The Morgan fingerprint density at radius 3 is 2.75 bits per heavy atom. The van der Waals surface area contributed by atoms with Crippen molar-refractivity contribution in [1.82, 2.24) is 9.97 Å². The molecule has 0 bridgehead atoms. The Hall–Kier alpha value is -2.43. The van der Waals surface area contributed by atoms with Crippen LogP contribution < -0.4 is 10.6 Å². The zero-order chi connectivity index (χ0) is 14.3. The molecule has 0 atom stereocenters. The first kappa shape index (κ1) is 12.6. The molecule has 2 aromatic rings. The number of benzene rings is 1. The molecule has 1 aromatic heterocycles. The highest BCUT2D eigenvalue weighted by atomic mass is 16.2. The van der Waals surface area contributed by atoms with Crippen LogP contribution in [0.3, 0.4) is 0 Å². The zero-order valence-electron chi connectivity index (χ0n) is 11.6. The van der Waals surface area contributed by atoms with Crippen LogP contribution >= 0.6 is 0 Å². The van der Waals surface area contributed by atoms with Crippen molar-refractivity contribution in [3.05, 3.63) is 35.5 Å². The van der Waals surface area contributed by atoms with Crippen molar-refractivity contribution < 1.29 is 4.79 Å². The third-order valence-corrected chi connectivity index (χ3v) is 3.59. The van der Waals surface area contributed by atoms with Gasteiger partial charge in [0, 0.05) is 30.4 Å². The van der Waals surface area contributed by atoms with Gasteiger partial charge in [0.25, 0.3) is 0 Å². The number of carbonyl (C=O) groups excluding carboxylic acids is 1.